The Morgan fingerprint density at radius 2 is 1.94 bits per heavy atom. The highest BCUT2D eigenvalue weighted by Gasteiger charge is 2.05. The molecule has 0 saturated carbocycles. The molecule has 1 amide bonds. The second-order valence-electron chi connectivity index (χ2n) is 3.15. The Labute approximate surface area is 92.3 Å². The third-order valence-electron chi connectivity index (χ3n) is 1.93. The quantitative estimate of drug-likeness (QED) is 0.789. The number of rotatable bonds is 2. The van der Waals surface area contributed by atoms with Gasteiger partial charge in [0.25, 0.3) is 5.91 Å². The summed E-state index contributed by atoms with van der Waals surface area (Å²) in [7, 11) is 0. The van der Waals surface area contributed by atoms with Crippen LogP contribution in [-0.2, 0) is 0 Å². The summed E-state index contributed by atoms with van der Waals surface area (Å²) in [5.41, 5.74) is 6.01. The van der Waals surface area contributed by atoms with Gasteiger partial charge in [-0.1, -0.05) is 18.2 Å². The molecule has 0 spiro atoms. The van der Waals surface area contributed by atoms with Crippen LogP contribution in [0.4, 0.5) is 11.6 Å². The zero-order valence-corrected chi connectivity index (χ0v) is 8.42. The molecule has 0 bridgehead atoms. The fraction of sp³-hybridized carbons (Fsp3) is 0. The number of aromatic nitrogens is 2. The molecule has 3 N–H and O–H groups in total. The maximum absolute atomic E-state index is 11.7. The van der Waals surface area contributed by atoms with Crippen molar-refractivity contribution in [2.75, 3.05) is 11.1 Å². The summed E-state index contributed by atoms with van der Waals surface area (Å²) >= 11 is 0. The van der Waals surface area contributed by atoms with E-state index in [9.17, 15) is 4.79 Å². The molecule has 0 atom stereocenters. The van der Waals surface area contributed by atoms with Gasteiger partial charge >= 0.3 is 0 Å². The van der Waals surface area contributed by atoms with Gasteiger partial charge in [0.2, 0.25) is 0 Å². The maximum atomic E-state index is 11.7. The van der Waals surface area contributed by atoms with Crippen molar-refractivity contribution in [2.24, 2.45) is 0 Å². The van der Waals surface area contributed by atoms with Crippen LogP contribution in [0.25, 0.3) is 0 Å². The third-order valence-corrected chi connectivity index (χ3v) is 1.93. The van der Waals surface area contributed by atoms with E-state index in [-0.39, 0.29) is 11.7 Å². The Morgan fingerprint density at radius 3 is 2.62 bits per heavy atom. The van der Waals surface area contributed by atoms with E-state index in [0.717, 1.165) is 0 Å². The molecule has 5 nitrogen and oxygen atoms in total. The lowest BCUT2D eigenvalue weighted by atomic mass is 10.2. The van der Waals surface area contributed by atoms with Gasteiger partial charge in [-0.05, 0) is 12.1 Å². The summed E-state index contributed by atoms with van der Waals surface area (Å²) in [6.45, 7) is 0. The van der Waals surface area contributed by atoms with Gasteiger partial charge < -0.3 is 11.1 Å². The van der Waals surface area contributed by atoms with Crippen LogP contribution in [-0.4, -0.2) is 15.9 Å². The molecule has 16 heavy (non-hydrogen) atoms. The number of hydrogen-bond acceptors (Lipinski definition) is 4. The molecule has 0 saturated heterocycles. The Balaban J connectivity index is 2.14. The van der Waals surface area contributed by atoms with Crippen molar-refractivity contribution in [2.45, 2.75) is 0 Å². The molecule has 0 fully saturated rings. The van der Waals surface area contributed by atoms with Gasteiger partial charge in [0.15, 0.2) is 5.82 Å². The Hall–Kier alpha value is -2.43. The minimum atomic E-state index is -0.236. The van der Waals surface area contributed by atoms with Crippen LogP contribution in [0.5, 0.6) is 0 Å². The van der Waals surface area contributed by atoms with E-state index in [2.05, 4.69) is 15.3 Å². The monoisotopic (exact) mass is 214 g/mol. The Kier molecular flexibility index (Phi) is 2.77. The highest BCUT2D eigenvalue weighted by atomic mass is 16.1. The average molecular weight is 214 g/mol. The zero-order valence-electron chi connectivity index (χ0n) is 8.42. The second-order valence-corrected chi connectivity index (χ2v) is 3.15. The highest BCUT2D eigenvalue weighted by molar-refractivity contribution is 6.03. The summed E-state index contributed by atoms with van der Waals surface area (Å²) in [5.74, 6) is 0.375. The summed E-state index contributed by atoms with van der Waals surface area (Å²) in [5, 5.41) is 2.61. The van der Waals surface area contributed by atoms with Crippen molar-refractivity contribution in [3.63, 3.8) is 0 Å². The second kappa shape index (κ2) is 4.39. The van der Waals surface area contributed by atoms with Crippen LogP contribution in [0.1, 0.15) is 10.4 Å². The molecule has 0 aliphatic rings. The van der Waals surface area contributed by atoms with E-state index in [0.29, 0.717) is 11.4 Å². The molecule has 0 aliphatic heterocycles. The molecule has 2 rings (SSSR count). The van der Waals surface area contributed by atoms with Crippen LogP contribution in [0.15, 0.2) is 42.7 Å². The standard InChI is InChI=1S/C11H10N4O/c12-9-6-13-7-10(14-9)15-11(16)8-4-2-1-3-5-8/h1-7H,(H3,12,14,15,16). The SMILES string of the molecule is Nc1cncc(NC(=O)c2ccccc2)n1. The van der Waals surface area contributed by atoms with Crippen molar-refractivity contribution in [1.82, 2.24) is 9.97 Å². The fourth-order valence-electron chi connectivity index (χ4n) is 1.22. The van der Waals surface area contributed by atoms with Gasteiger partial charge in [0.1, 0.15) is 5.82 Å². The number of nitrogens with one attached hydrogen (secondary N) is 1. The number of carbonyl (C=O) groups is 1. The summed E-state index contributed by atoms with van der Waals surface area (Å²) in [6.07, 6.45) is 2.86. The zero-order chi connectivity index (χ0) is 11.4. The molecule has 0 aliphatic carbocycles. The number of carbonyl (C=O) groups excluding carboxylic acids is 1. The number of nitrogens with two attached hydrogens (primary N) is 1. The van der Waals surface area contributed by atoms with Gasteiger partial charge in [0.05, 0.1) is 12.4 Å². The molecule has 2 aromatic rings. The first-order valence-corrected chi connectivity index (χ1v) is 4.69. The number of hydrogen-bond donors (Lipinski definition) is 2. The van der Waals surface area contributed by atoms with Crippen LogP contribution in [0.2, 0.25) is 0 Å². The lowest BCUT2D eigenvalue weighted by Crippen LogP contribution is -2.13. The van der Waals surface area contributed by atoms with E-state index in [1.807, 2.05) is 6.07 Å². The van der Waals surface area contributed by atoms with Gasteiger partial charge in [0, 0.05) is 5.56 Å². The largest absolute Gasteiger partial charge is 0.382 e. The van der Waals surface area contributed by atoms with Crippen molar-refractivity contribution in [3.8, 4) is 0 Å². The minimum absolute atomic E-state index is 0.236. The van der Waals surface area contributed by atoms with E-state index >= 15 is 0 Å². The van der Waals surface area contributed by atoms with E-state index in [4.69, 9.17) is 5.73 Å². The molecule has 80 valence electrons. The van der Waals surface area contributed by atoms with Crippen molar-refractivity contribution < 1.29 is 4.79 Å². The van der Waals surface area contributed by atoms with E-state index in [1.165, 1.54) is 12.4 Å². The van der Waals surface area contributed by atoms with Gasteiger partial charge in [-0.15, -0.1) is 0 Å². The smallest absolute Gasteiger partial charge is 0.256 e. The van der Waals surface area contributed by atoms with Crippen molar-refractivity contribution in [3.05, 3.63) is 48.3 Å². The topological polar surface area (TPSA) is 80.9 Å². The number of nitrogens with zero attached hydrogens (tertiary/aromatic N) is 2. The number of amides is 1. The number of nitrogen functional groups attached to an aromatic ring is 1. The summed E-state index contributed by atoms with van der Waals surface area (Å²) in [4.78, 5) is 19.5. The minimum Gasteiger partial charge on any atom is -0.382 e. The van der Waals surface area contributed by atoms with Crippen LogP contribution in [0.3, 0.4) is 0 Å². The third kappa shape index (κ3) is 2.33. The highest BCUT2D eigenvalue weighted by Crippen LogP contribution is 2.06. The molecular formula is C11H10N4O. The predicted octanol–water partition coefficient (Wildman–Crippen LogP) is 1.31. The van der Waals surface area contributed by atoms with Crippen molar-refractivity contribution >= 4 is 17.5 Å². The molecule has 1 aromatic heterocycles. The molecule has 1 heterocycles. The number of anilines is 2. The van der Waals surface area contributed by atoms with Gasteiger partial charge in [-0.25, -0.2) is 4.98 Å². The first kappa shape index (κ1) is 10.1. The first-order chi connectivity index (χ1) is 7.75. The molecular weight excluding hydrogens is 204 g/mol. The maximum Gasteiger partial charge on any atom is 0.256 e. The van der Waals surface area contributed by atoms with Crippen LogP contribution in [0, 0.1) is 0 Å². The Morgan fingerprint density at radius 1 is 1.19 bits per heavy atom. The van der Waals surface area contributed by atoms with Crippen LogP contribution < -0.4 is 11.1 Å². The first-order valence-electron chi connectivity index (χ1n) is 4.69. The Bertz CT molecular complexity index is 498. The van der Waals surface area contributed by atoms with E-state index < -0.39 is 0 Å². The lowest BCUT2D eigenvalue weighted by Gasteiger charge is -2.03. The molecule has 0 unspecified atom stereocenters. The van der Waals surface area contributed by atoms with Crippen molar-refractivity contribution in [1.29, 1.82) is 0 Å². The lowest BCUT2D eigenvalue weighted by molar-refractivity contribution is 0.102. The normalized spacial score (nSPS) is 9.75. The molecule has 1 aromatic carbocycles. The summed E-state index contributed by atoms with van der Waals surface area (Å²) in [6, 6.07) is 8.86. The van der Waals surface area contributed by atoms with E-state index in [1.54, 1.807) is 24.3 Å². The summed E-state index contributed by atoms with van der Waals surface area (Å²) < 4.78 is 0. The number of benzene rings is 1. The fourth-order valence-corrected chi connectivity index (χ4v) is 1.22. The van der Waals surface area contributed by atoms with Gasteiger partial charge in [-0.3, -0.25) is 9.78 Å². The van der Waals surface area contributed by atoms with Crippen LogP contribution >= 0.6 is 0 Å². The molecule has 5 heteroatoms. The average Bonchev–Trinajstić information content (AvgIpc) is 2.30. The van der Waals surface area contributed by atoms with Gasteiger partial charge in [-0.2, -0.15) is 0 Å². The molecule has 0 radical (unpaired) electrons. The predicted molar refractivity (Wildman–Crippen MR) is 60.8 cm³/mol.